The van der Waals surface area contributed by atoms with Gasteiger partial charge in [0.1, 0.15) is 0 Å². The maximum Gasteiger partial charge on any atom is 0.0537 e. The zero-order valence-corrected chi connectivity index (χ0v) is 13.0. The standard InChI is InChI=1S/C17H28N2O/c1-17(14-20,15-8-5-4-6-9-15)13-18(2)12-16-10-7-11-19(16)3/h4-6,8-9,16,20H,7,10-14H2,1-3H3. The quantitative estimate of drug-likeness (QED) is 0.860. The van der Waals surface area contributed by atoms with Crippen LogP contribution in [0.25, 0.3) is 0 Å². The van der Waals surface area contributed by atoms with E-state index in [0.717, 1.165) is 13.1 Å². The van der Waals surface area contributed by atoms with E-state index in [9.17, 15) is 5.11 Å². The van der Waals surface area contributed by atoms with E-state index in [2.05, 4.69) is 43.0 Å². The van der Waals surface area contributed by atoms with Crippen molar-refractivity contribution in [3.63, 3.8) is 0 Å². The van der Waals surface area contributed by atoms with E-state index in [4.69, 9.17) is 0 Å². The van der Waals surface area contributed by atoms with Crippen LogP contribution in [0, 0.1) is 0 Å². The average molecular weight is 276 g/mol. The van der Waals surface area contributed by atoms with Gasteiger partial charge in [0, 0.05) is 24.5 Å². The Morgan fingerprint density at radius 3 is 2.60 bits per heavy atom. The molecule has 2 rings (SSSR count). The third-order valence-electron chi connectivity index (χ3n) is 4.63. The SMILES string of the molecule is CN(CC1CCCN1C)CC(C)(CO)c1ccccc1. The molecule has 3 nitrogen and oxygen atoms in total. The number of aliphatic hydroxyl groups is 1. The van der Waals surface area contributed by atoms with Crippen LogP contribution in [-0.2, 0) is 5.41 Å². The zero-order chi connectivity index (χ0) is 14.6. The normalized spacial score (nSPS) is 23.1. The molecule has 0 amide bonds. The molecule has 20 heavy (non-hydrogen) atoms. The zero-order valence-electron chi connectivity index (χ0n) is 13.0. The maximum atomic E-state index is 9.86. The molecule has 0 radical (unpaired) electrons. The first-order valence-corrected chi connectivity index (χ1v) is 7.60. The minimum Gasteiger partial charge on any atom is -0.395 e. The van der Waals surface area contributed by atoms with Crippen molar-refractivity contribution >= 4 is 0 Å². The van der Waals surface area contributed by atoms with E-state index in [-0.39, 0.29) is 12.0 Å². The lowest BCUT2D eigenvalue weighted by Crippen LogP contribution is -2.44. The molecule has 1 saturated heterocycles. The molecular formula is C17H28N2O. The van der Waals surface area contributed by atoms with Gasteiger partial charge in [-0.2, -0.15) is 0 Å². The molecule has 1 fully saturated rings. The van der Waals surface area contributed by atoms with Gasteiger partial charge in [-0.1, -0.05) is 37.3 Å². The number of nitrogens with zero attached hydrogens (tertiary/aromatic N) is 2. The summed E-state index contributed by atoms with van der Waals surface area (Å²) >= 11 is 0. The van der Waals surface area contributed by atoms with E-state index in [1.165, 1.54) is 24.9 Å². The molecule has 1 heterocycles. The smallest absolute Gasteiger partial charge is 0.0537 e. The second kappa shape index (κ2) is 6.70. The van der Waals surface area contributed by atoms with Crippen molar-refractivity contribution < 1.29 is 5.11 Å². The summed E-state index contributed by atoms with van der Waals surface area (Å²) in [7, 11) is 4.39. The monoisotopic (exact) mass is 276 g/mol. The molecule has 0 saturated carbocycles. The fraction of sp³-hybridized carbons (Fsp3) is 0.647. The van der Waals surface area contributed by atoms with E-state index in [0.29, 0.717) is 6.04 Å². The Kier molecular flexibility index (Phi) is 5.19. The van der Waals surface area contributed by atoms with E-state index < -0.39 is 0 Å². The number of likely N-dealkylation sites (tertiary alicyclic amines) is 1. The third-order valence-corrected chi connectivity index (χ3v) is 4.63. The second-order valence-corrected chi connectivity index (χ2v) is 6.56. The summed E-state index contributed by atoms with van der Waals surface area (Å²) in [4.78, 5) is 4.82. The van der Waals surface area contributed by atoms with E-state index in [1.807, 2.05) is 18.2 Å². The van der Waals surface area contributed by atoms with E-state index in [1.54, 1.807) is 0 Å². The Bertz CT molecular complexity index is 409. The van der Waals surface area contributed by atoms with Crippen molar-refractivity contribution in [2.75, 3.05) is 40.3 Å². The molecule has 1 aromatic carbocycles. The molecule has 1 aromatic rings. The topological polar surface area (TPSA) is 26.7 Å². The summed E-state index contributed by atoms with van der Waals surface area (Å²) in [5, 5.41) is 9.86. The molecule has 2 unspecified atom stereocenters. The number of benzene rings is 1. The molecule has 1 aliphatic heterocycles. The van der Waals surface area contributed by atoms with Gasteiger partial charge in [-0.05, 0) is 39.0 Å². The van der Waals surface area contributed by atoms with Crippen molar-refractivity contribution in [1.29, 1.82) is 0 Å². The molecule has 112 valence electrons. The first-order valence-electron chi connectivity index (χ1n) is 7.60. The Balaban J connectivity index is 1.98. The predicted octanol–water partition coefficient (Wildman–Crippen LogP) is 1.96. The van der Waals surface area contributed by atoms with Crippen LogP contribution in [0.3, 0.4) is 0 Å². The second-order valence-electron chi connectivity index (χ2n) is 6.56. The van der Waals surface area contributed by atoms with Crippen molar-refractivity contribution in [3.8, 4) is 0 Å². The average Bonchev–Trinajstić information content (AvgIpc) is 2.85. The summed E-state index contributed by atoms with van der Waals surface area (Å²) in [6.45, 7) is 5.52. The first-order chi connectivity index (χ1) is 9.55. The van der Waals surface area contributed by atoms with Crippen LogP contribution in [0.5, 0.6) is 0 Å². The molecule has 0 aliphatic carbocycles. The van der Waals surface area contributed by atoms with Crippen molar-refractivity contribution in [2.24, 2.45) is 0 Å². The molecule has 0 spiro atoms. The molecule has 1 aliphatic rings. The minimum atomic E-state index is -0.187. The van der Waals surface area contributed by atoms with Gasteiger partial charge in [-0.25, -0.2) is 0 Å². The lowest BCUT2D eigenvalue weighted by Gasteiger charge is -2.35. The van der Waals surface area contributed by atoms with Crippen LogP contribution in [0.4, 0.5) is 0 Å². The highest BCUT2D eigenvalue weighted by Crippen LogP contribution is 2.25. The maximum absolute atomic E-state index is 9.86. The molecule has 0 aromatic heterocycles. The highest BCUT2D eigenvalue weighted by Gasteiger charge is 2.29. The number of rotatable bonds is 6. The number of aliphatic hydroxyl groups excluding tert-OH is 1. The number of hydrogen-bond donors (Lipinski definition) is 1. The highest BCUT2D eigenvalue weighted by molar-refractivity contribution is 5.25. The molecule has 2 atom stereocenters. The van der Waals surface area contributed by atoms with Gasteiger partial charge >= 0.3 is 0 Å². The van der Waals surface area contributed by atoms with Gasteiger partial charge in [0.2, 0.25) is 0 Å². The van der Waals surface area contributed by atoms with Gasteiger partial charge in [0.05, 0.1) is 6.61 Å². The highest BCUT2D eigenvalue weighted by atomic mass is 16.3. The van der Waals surface area contributed by atoms with Gasteiger partial charge in [-0.3, -0.25) is 0 Å². The lowest BCUT2D eigenvalue weighted by atomic mass is 9.83. The van der Waals surface area contributed by atoms with Gasteiger partial charge in [0.15, 0.2) is 0 Å². The van der Waals surface area contributed by atoms with Crippen molar-refractivity contribution in [1.82, 2.24) is 9.80 Å². The summed E-state index contributed by atoms with van der Waals surface area (Å²) in [6, 6.07) is 11.0. The predicted molar refractivity (Wildman–Crippen MR) is 84.0 cm³/mol. The number of likely N-dealkylation sites (N-methyl/N-ethyl adjacent to an activating group) is 2. The molecule has 3 heteroatoms. The Hall–Kier alpha value is -0.900. The lowest BCUT2D eigenvalue weighted by molar-refractivity contribution is 0.140. The summed E-state index contributed by atoms with van der Waals surface area (Å²) in [6.07, 6.45) is 2.60. The summed E-state index contributed by atoms with van der Waals surface area (Å²) < 4.78 is 0. The third kappa shape index (κ3) is 3.60. The van der Waals surface area contributed by atoms with Crippen LogP contribution in [0.15, 0.2) is 30.3 Å². The number of hydrogen-bond acceptors (Lipinski definition) is 3. The van der Waals surface area contributed by atoms with Gasteiger partial charge in [-0.15, -0.1) is 0 Å². The first kappa shape index (κ1) is 15.5. The van der Waals surface area contributed by atoms with Crippen LogP contribution < -0.4 is 0 Å². The Morgan fingerprint density at radius 1 is 1.35 bits per heavy atom. The fourth-order valence-electron chi connectivity index (χ4n) is 3.30. The van der Waals surface area contributed by atoms with Crippen LogP contribution in [-0.4, -0.2) is 61.3 Å². The molecule has 0 bridgehead atoms. The van der Waals surface area contributed by atoms with Gasteiger partial charge < -0.3 is 14.9 Å². The molecule has 1 N–H and O–H groups in total. The summed E-state index contributed by atoms with van der Waals surface area (Å²) in [5.74, 6) is 0. The minimum absolute atomic E-state index is 0.182. The van der Waals surface area contributed by atoms with Gasteiger partial charge in [0.25, 0.3) is 0 Å². The molecular weight excluding hydrogens is 248 g/mol. The largest absolute Gasteiger partial charge is 0.395 e. The Morgan fingerprint density at radius 2 is 2.05 bits per heavy atom. The van der Waals surface area contributed by atoms with Crippen molar-refractivity contribution in [3.05, 3.63) is 35.9 Å². The fourth-order valence-corrected chi connectivity index (χ4v) is 3.30. The van der Waals surface area contributed by atoms with E-state index >= 15 is 0 Å². The Labute approximate surface area is 123 Å². The van der Waals surface area contributed by atoms with Crippen LogP contribution in [0.1, 0.15) is 25.3 Å². The summed E-state index contributed by atoms with van der Waals surface area (Å²) in [5.41, 5.74) is 1.03. The van der Waals surface area contributed by atoms with Crippen molar-refractivity contribution in [2.45, 2.75) is 31.2 Å². The van der Waals surface area contributed by atoms with Crippen LogP contribution in [0.2, 0.25) is 0 Å². The van der Waals surface area contributed by atoms with Crippen LogP contribution >= 0.6 is 0 Å².